The van der Waals surface area contributed by atoms with Crippen LogP contribution in [0.3, 0.4) is 0 Å². The van der Waals surface area contributed by atoms with Gasteiger partial charge in [0.1, 0.15) is 5.69 Å². The van der Waals surface area contributed by atoms with E-state index in [9.17, 15) is 19.7 Å². The Morgan fingerprint density at radius 3 is 2.41 bits per heavy atom. The standard InChI is InChI=1S/C15H12N2O4S/c1-15(2,3)7-4-8-11(16-6-7)12(18)9-5-10(17(20)21)22-14(9)13(8)19/h4-6H,1-3H3. The Balaban J connectivity index is 2.20. The molecule has 7 heteroatoms. The Hall–Kier alpha value is -2.41. The van der Waals surface area contributed by atoms with Crippen LogP contribution in [0.1, 0.15) is 57.6 Å². The summed E-state index contributed by atoms with van der Waals surface area (Å²) in [7, 11) is 0. The van der Waals surface area contributed by atoms with E-state index in [2.05, 4.69) is 4.98 Å². The van der Waals surface area contributed by atoms with Crippen molar-refractivity contribution in [3.05, 3.63) is 55.7 Å². The number of carbonyl (C=O) groups excluding carboxylic acids is 2. The van der Waals surface area contributed by atoms with Crippen molar-refractivity contribution in [2.24, 2.45) is 0 Å². The molecule has 3 rings (SSSR count). The van der Waals surface area contributed by atoms with Crippen LogP contribution in [-0.2, 0) is 5.41 Å². The van der Waals surface area contributed by atoms with Crippen LogP contribution in [0.4, 0.5) is 5.00 Å². The summed E-state index contributed by atoms with van der Waals surface area (Å²) >= 11 is 0.735. The predicted molar refractivity (Wildman–Crippen MR) is 80.8 cm³/mol. The summed E-state index contributed by atoms with van der Waals surface area (Å²) in [6.45, 7) is 5.94. The molecule has 0 bridgehead atoms. The van der Waals surface area contributed by atoms with Gasteiger partial charge in [-0.3, -0.25) is 24.7 Å². The first-order chi connectivity index (χ1) is 10.2. The smallest absolute Gasteiger partial charge is 0.288 e. The third-order valence-electron chi connectivity index (χ3n) is 3.56. The fourth-order valence-corrected chi connectivity index (χ4v) is 3.21. The molecule has 0 amide bonds. The zero-order chi connectivity index (χ0) is 16.2. The molecule has 0 N–H and O–H groups in total. The zero-order valence-corrected chi connectivity index (χ0v) is 13.0. The quantitative estimate of drug-likeness (QED) is 0.508. The number of rotatable bonds is 1. The highest BCUT2D eigenvalue weighted by molar-refractivity contribution is 7.17. The van der Waals surface area contributed by atoms with Crippen LogP contribution in [-0.4, -0.2) is 21.5 Å². The summed E-state index contributed by atoms with van der Waals surface area (Å²) in [6, 6.07) is 2.82. The Bertz CT molecular complexity index is 846. The molecule has 2 heterocycles. The first kappa shape index (κ1) is 14.5. The normalized spacial score (nSPS) is 13.8. The lowest BCUT2D eigenvalue weighted by Gasteiger charge is -2.21. The second-order valence-corrected chi connectivity index (χ2v) is 7.14. The van der Waals surface area contributed by atoms with Crippen molar-refractivity contribution in [3.63, 3.8) is 0 Å². The Morgan fingerprint density at radius 2 is 1.82 bits per heavy atom. The Labute approximate surface area is 130 Å². The third-order valence-corrected chi connectivity index (χ3v) is 4.65. The van der Waals surface area contributed by atoms with Gasteiger partial charge in [0.25, 0.3) is 0 Å². The van der Waals surface area contributed by atoms with Gasteiger partial charge < -0.3 is 0 Å². The van der Waals surface area contributed by atoms with Gasteiger partial charge in [0, 0.05) is 12.3 Å². The monoisotopic (exact) mass is 316 g/mol. The average molecular weight is 316 g/mol. The topological polar surface area (TPSA) is 90.2 Å². The number of pyridine rings is 1. The lowest BCUT2D eigenvalue weighted by Crippen LogP contribution is -2.22. The number of nitrogens with zero attached hydrogens (tertiary/aromatic N) is 2. The van der Waals surface area contributed by atoms with E-state index < -0.39 is 10.7 Å². The Morgan fingerprint density at radius 1 is 1.14 bits per heavy atom. The summed E-state index contributed by atoms with van der Waals surface area (Å²) in [5.41, 5.74) is 0.986. The third kappa shape index (κ3) is 2.05. The molecule has 0 spiro atoms. The van der Waals surface area contributed by atoms with Crippen LogP contribution in [0.25, 0.3) is 0 Å². The van der Waals surface area contributed by atoms with Gasteiger partial charge in [-0.05, 0) is 17.0 Å². The molecule has 2 aromatic heterocycles. The van der Waals surface area contributed by atoms with Crippen LogP contribution in [0, 0.1) is 10.1 Å². The number of nitro groups is 1. The van der Waals surface area contributed by atoms with Crippen molar-refractivity contribution in [2.75, 3.05) is 0 Å². The van der Waals surface area contributed by atoms with Crippen molar-refractivity contribution < 1.29 is 14.5 Å². The van der Waals surface area contributed by atoms with E-state index in [4.69, 9.17) is 0 Å². The largest absolute Gasteiger partial charge is 0.325 e. The van der Waals surface area contributed by atoms with Crippen LogP contribution >= 0.6 is 11.3 Å². The van der Waals surface area contributed by atoms with E-state index >= 15 is 0 Å². The summed E-state index contributed by atoms with van der Waals surface area (Å²) in [5, 5.41) is 10.7. The van der Waals surface area contributed by atoms with E-state index in [0.717, 1.165) is 23.0 Å². The summed E-state index contributed by atoms with van der Waals surface area (Å²) < 4.78 is 0. The van der Waals surface area contributed by atoms with Crippen LogP contribution in [0.5, 0.6) is 0 Å². The van der Waals surface area contributed by atoms with Crippen LogP contribution in [0.2, 0.25) is 0 Å². The minimum atomic E-state index is -0.595. The number of thiophene rings is 1. The lowest BCUT2D eigenvalue weighted by molar-refractivity contribution is -0.380. The van der Waals surface area contributed by atoms with Gasteiger partial charge in [-0.2, -0.15) is 0 Å². The molecule has 0 aromatic carbocycles. The molecule has 0 atom stereocenters. The van der Waals surface area contributed by atoms with Crippen molar-refractivity contribution in [1.29, 1.82) is 0 Å². The molecule has 6 nitrogen and oxygen atoms in total. The minimum Gasteiger partial charge on any atom is -0.288 e. The van der Waals surface area contributed by atoms with E-state index in [0.29, 0.717) is 0 Å². The van der Waals surface area contributed by atoms with Crippen molar-refractivity contribution in [3.8, 4) is 0 Å². The molecule has 0 radical (unpaired) electrons. The number of hydrogen-bond donors (Lipinski definition) is 0. The molecule has 0 unspecified atom stereocenters. The highest BCUT2D eigenvalue weighted by Crippen LogP contribution is 2.37. The maximum absolute atomic E-state index is 12.6. The van der Waals surface area contributed by atoms with Gasteiger partial charge in [-0.25, -0.2) is 0 Å². The molecule has 22 heavy (non-hydrogen) atoms. The van der Waals surface area contributed by atoms with Gasteiger partial charge in [-0.15, -0.1) is 0 Å². The lowest BCUT2D eigenvalue weighted by atomic mass is 9.84. The maximum Gasteiger partial charge on any atom is 0.325 e. The highest BCUT2D eigenvalue weighted by atomic mass is 32.1. The van der Waals surface area contributed by atoms with E-state index in [1.54, 1.807) is 12.3 Å². The summed E-state index contributed by atoms with van der Waals surface area (Å²) in [6.07, 6.45) is 1.58. The van der Waals surface area contributed by atoms with Gasteiger partial charge >= 0.3 is 5.00 Å². The fraction of sp³-hybridized carbons (Fsp3) is 0.267. The summed E-state index contributed by atoms with van der Waals surface area (Å²) in [5.74, 6) is -0.810. The molecule has 0 aliphatic heterocycles. The van der Waals surface area contributed by atoms with E-state index in [-0.39, 0.29) is 37.9 Å². The maximum atomic E-state index is 12.6. The molecule has 2 aromatic rings. The van der Waals surface area contributed by atoms with E-state index in [1.807, 2.05) is 20.8 Å². The molecule has 112 valence electrons. The zero-order valence-electron chi connectivity index (χ0n) is 12.2. The molecule has 1 aliphatic rings. The number of ketones is 2. The predicted octanol–water partition coefficient (Wildman–Crippen LogP) is 3.12. The van der Waals surface area contributed by atoms with Crippen molar-refractivity contribution in [2.45, 2.75) is 26.2 Å². The molecular formula is C15H12N2O4S. The number of aromatic nitrogens is 1. The van der Waals surface area contributed by atoms with Gasteiger partial charge in [0.15, 0.2) is 0 Å². The van der Waals surface area contributed by atoms with Crippen LogP contribution in [0.15, 0.2) is 18.3 Å². The van der Waals surface area contributed by atoms with Crippen molar-refractivity contribution in [1.82, 2.24) is 4.98 Å². The Kier molecular flexibility index (Phi) is 3.00. The SMILES string of the molecule is CC(C)(C)c1cnc2c(c1)C(=O)c1sc([N+](=O)[O-])cc1C2=O. The van der Waals surface area contributed by atoms with E-state index in [1.165, 1.54) is 0 Å². The fourth-order valence-electron chi connectivity index (χ4n) is 2.28. The number of fused-ring (bicyclic) bond motifs is 2. The number of hydrogen-bond acceptors (Lipinski definition) is 6. The van der Waals surface area contributed by atoms with Gasteiger partial charge in [-0.1, -0.05) is 32.1 Å². The molecule has 1 aliphatic carbocycles. The first-order valence-corrected chi connectivity index (χ1v) is 7.40. The average Bonchev–Trinajstić information content (AvgIpc) is 2.89. The van der Waals surface area contributed by atoms with Crippen LogP contribution < -0.4 is 0 Å². The molecule has 0 fully saturated rings. The minimum absolute atomic E-state index is 0.0678. The summed E-state index contributed by atoms with van der Waals surface area (Å²) in [4.78, 5) is 39.5. The van der Waals surface area contributed by atoms with Gasteiger partial charge in [0.05, 0.1) is 20.9 Å². The second kappa shape index (κ2) is 4.54. The molecule has 0 saturated carbocycles. The molecular weight excluding hydrogens is 304 g/mol. The second-order valence-electron chi connectivity index (χ2n) is 6.11. The van der Waals surface area contributed by atoms with Gasteiger partial charge in [0.2, 0.25) is 11.6 Å². The highest BCUT2D eigenvalue weighted by Gasteiger charge is 2.36. The van der Waals surface area contributed by atoms with Crippen molar-refractivity contribution >= 4 is 27.9 Å². The number of carbonyl (C=O) groups is 2. The molecule has 0 saturated heterocycles. The first-order valence-electron chi connectivity index (χ1n) is 6.58.